The average molecular weight is 277 g/mol. The van der Waals surface area contributed by atoms with Gasteiger partial charge in [0, 0.05) is 39.3 Å². The molecule has 1 aromatic carbocycles. The lowest BCUT2D eigenvalue weighted by Crippen LogP contribution is -2.47. The minimum atomic E-state index is 0.600. The van der Waals surface area contributed by atoms with Gasteiger partial charge >= 0.3 is 0 Å². The fraction of sp³-hybridized carbons (Fsp3) is 0.625. The molecular weight excluding hydrogens is 250 g/mol. The summed E-state index contributed by atoms with van der Waals surface area (Å²) in [5, 5.41) is 0. The highest BCUT2D eigenvalue weighted by Gasteiger charge is 2.18. The maximum Gasteiger partial charge on any atom is 0.118 e. The van der Waals surface area contributed by atoms with Crippen LogP contribution in [0.5, 0.6) is 5.75 Å². The Hall–Kier alpha value is -1.10. The van der Waals surface area contributed by atoms with Crippen LogP contribution in [0.1, 0.15) is 12.5 Å². The van der Waals surface area contributed by atoms with Gasteiger partial charge in [0.1, 0.15) is 5.75 Å². The van der Waals surface area contributed by atoms with Crippen LogP contribution in [0.3, 0.4) is 0 Å². The molecule has 4 nitrogen and oxygen atoms in total. The summed E-state index contributed by atoms with van der Waals surface area (Å²) in [7, 11) is 1.70. The van der Waals surface area contributed by atoms with E-state index in [1.807, 2.05) is 12.1 Å². The molecule has 1 aliphatic rings. The molecular formula is C16H27N3O. The Bertz CT molecular complexity index is 385. The fourth-order valence-corrected chi connectivity index (χ4v) is 2.63. The molecule has 0 amide bonds. The smallest absolute Gasteiger partial charge is 0.118 e. The van der Waals surface area contributed by atoms with Crippen LogP contribution in [0.25, 0.3) is 0 Å². The molecule has 0 radical (unpaired) electrons. The Balaban J connectivity index is 1.76. The molecule has 1 saturated heterocycles. The first-order valence-corrected chi connectivity index (χ1v) is 7.49. The van der Waals surface area contributed by atoms with Crippen molar-refractivity contribution < 1.29 is 4.74 Å². The highest BCUT2D eigenvalue weighted by atomic mass is 16.5. The number of nitrogens with two attached hydrogens (primary N) is 1. The first-order valence-electron chi connectivity index (χ1n) is 7.49. The Labute approximate surface area is 122 Å². The predicted octanol–water partition coefficient (Wildman–Crippen LogP) is 1.41. The van der Waals surface area contributed by atoms with Gasteiger partial charge in [-0.2, -0.15) is 0 Å². The maximum atomic E-state index is 5.70. The van der Waals surface area contributed by atoms with Gasteiger partial charge in [0.2, 0.25) is 0 Å². The third-order valence-electron chi connectivity index (χ3n) is 4.00. The summed E-state index contributed by atoms with van der Waals surface area (Å²) >= 11 is 0. The molecule has 2 N–H and O–H groups in total. The monoisotopic (exact) mass is 277 g/mol. The van der Waals surface area contributed by atoms with Crippen molar-refractivity contribution in [2.75, 3.05) is 46.4 Å². The van der Waals surface area contributed by atoms with Gasteiger partial charge in [0.15, 0.2) is 0 Å². The summed E-state index contributed by atoms with van der Waals surface area (Å²) < 4.78 is 5.19. The zero-order chi connectivity index (χ0) is 14.4. The molecule has 1 unspecified atom stereocenters. The quantitative estimate of drug-likeness (QED) is 0.853. The highest BCUT2D eigenvalue weighted by Crippen LogP contribution is 2.14. The third-order valence-corrected chi connectivity index (χ3v) is 4.00. The van der Waals surface area contributed by atoms with Gasteiger partial charge in [0.25, 0.3) is 0 Å². The van der Waals surface area contributed by atoms with E-state index in [1.54, 1.807) is 7.11 Å². The first kappa shape index (κ1) is 15.3. The lowest BCUT2D eigenvalue weighted by Gasteiger charge is -2.35. The van der Waals surface area contributed by atoms with E-state index in [9.17, 15) is 0 Å². The number of hydrogen-bond donors (Lipinski definition) is 1. The molecule has 1 aliphatic heterocycles. The van der Waals surface area contributed by atoms with E-state index >= 15 is 0 Å². The Morgan fingerprint density at radius 1 is 1.10 bits per heavy atom. The maximum absolute atomic E-state index is 5.70. The average Bonchev–Trinajstić information content (AvgIpc) is 2.50. The summed E-state index contributed by atoms with van der Waals surface area (Å²) in [6, 6.07) is 8.38. The van der Waals surface area contributed by atoms with E-state index in [4.69, 9.17) is 10.5 Å². The van der Waals surface area contributed by atoms with Gasteiger partial charge in [-0.25, -0.2) is 0 Å². The van der Waals surface area contributed by atoms with Crippen LogP contribution in [0.4, 0.5) is 0 Å². The van der Waals surface area contributed by atoms with Crippen molar-refractivity contribution in [3.8, 4) is 5.75 Å². The third kappa shape index (κ3) is 4.47. The number of benzene rings is 1. The van der Waals surface area contributed by atoms with Crippen molar-refractivity contribution in [1.29, 1.82) is 0 Å². The Morgan fingerprint density at radius 3 is 2.25 bits per heavy atom. The van der Waals surface area contributed by atoms with Gasteiger partial charge in [-0.05, 0) is 30.2 Å². The number of rotatable bonds is 6. The van der Waals surface area contributed by atoms with Crippen LogP contribution < -0.4 is 10.5 Å². The number of hydrogen-bond acceptors (Lipinski definition) is 4. The van der Waals surface area contributed by atoms with Gasteiger partial charge in [-0.3, -0.25) is 4.90 Å². The van der Waals surface area contributed by atoms with Gasteiger partial charge in [0.05, 0.1) is 7.11 Å². The second-order valence-corrected chi connectivity index (χ2v) is 5.77. The largest absolute Gasteiger partial charge is 0.497 e. The van der Waals surface area contributed by atoms with E-state index in [-0.39, 0.29) is 0 Å². The molecule has 0 aromatic heterocycles. The molecule has 0 spiro atoms. The second kappa shape index (κ2) is 7.62. The SMILES string of the molecule is COc1ccc(CN2CCN(CC(C)CN)CC2)cc1. The van der Waals surface area contributed by atoms with Crippen molar-refractivity contribution in [3.05, 3.63) is 29.8 Å². The van der Waals surface area contributed by atoms with Gasteiger partial charge in [-0.15, -0.1) is 0 Å². The molecule has 2 rings (SSSR count). The van der Waals surface area contributed by atoms with Gasteiger partial charge in [-0.1, -0.05) is 19.1 Å². The van der Waals surface area contributed by atoms with Crippen LogP contribution in [0.15, 0.2) is 24.3 Å². The van der Waals surface area contributed by atoms with E-state index in [2.05, 4.69) is 28.9 Å². The van der Waals surface area contributed by atoms with E-state index in [1.165, 1.54) is 5.56 Å². The van der Waals surface area contributed by atoms with E-state index in [0.29, 0.717) is 5.92 Å². The fourth-order valence-electron chi connectivity index (χ4n) is 2.63. The van der Waals surface area contributed by atoms with Crippen molar-refractivity contribution in [1.82, 2.24) is 9.80 Å². The molecule has 1 aromatic rings. The summed E-state index contributed by atoms with van der Waals surface area (Å²) in [5.74, 6) is 1.53. The van der Waals surface area contributed by atoms with Crippen molar-refractivity contribution >= 4 is 0 Å². The molecule has 1 fully saturated rings. The number of methoxy groups -OCH3 is 1. The molecule has 1 heterocycles. The van der Waals surface area contributed by atoms with Crippen LogP contribution in [-0.4, -0.2) is 56.2 Å². The van der Waals surface area contributed by atoms with Crippen LogP contribution in [0.2, 0.25) is 0 Å². The van der Waals surface area contributed by atoms with Gasteiger partial charge < -0.3 is 15.4 Å². The molecule has 0 bridgehead atoms. The summed E-state index contributed by atoms with van der Waals surface area (Å²) in [6.07, 6.45) is 0. The highest BCUT2D eigenvalue weighted by molar-refractivity contribution is 5.27. The number of nitrogens with zero attached hydrogens (tertiary/aromatic N) is 2. The van der Waals surface area contributed by atoms with Crippen LogP contribution in [-0.2, 0) is 6.54 Å². The van der Waals surface area contributed by atoms with Crippen molar-refractivity contribution in [2.45, 2.75) is 13.5 Å². The Kier molecular flexibility index (Phi) is 5.83. The minimum Gasteiger partial charge on any atom is -0.497 e. The zero-order valence-corrected chi connectivity index (χ0v) is 12.7. The molecule has 0 aliphatic carbocycles. The summed E-state index contributed by atoms with van der Waals surface area (Å²) in [5.41, 5.74) is 7.05. The topological polar surface area (TPSA) is 41.7 Å². The number of piperazine rings is 1. The normalized spacial score (nSPS) is 18.9. The molecule has 0 saturated carbocycles. The molecule has 20 heavy (non-hydrogen) atoms. The van der Waals surface area contributed by atoms with Crippen molar-refractivity contribution in [3.63, 3.8) is 0 Å². The summed E-state index contributed by atoms with van der Waals surface area (Å²) in [4.78, 5) is 5.05. The van der Waals surface area contributed by atoms with Crippen LogP contribution >= 0.6 is 0 Å². The lowest BCUT2D eigenvalue weighted by molar-refractivity contribution is 0.116. The molecule has 1 atom stereocenters. The number of ether oxygens (including phenoxy) is 1. The van der Waals surface area contributed by atoms with Crippen LogP contribution in [0, 0.1) is 5.92 Å². The standard InChI is InChI=1S/C16H27N3O/c1-14(11-17)12-18-7-9-19(10-8-18)13-15-3-5-16(20-2)6-4-15/h3-6,14H,7-13,17H2,1-2H3. The van der Waals surface area contributed by atoms with Crippen molar-refractivity contribution in [2.24, 2.45) is 11.7 Å². The van der Waals surface area contributed by atoms with E-state index < -0.39 is 0 Å². The predicted molar refractivity (Wildman–Crippen MR) is 82.9 cm³/mol. The first-order chi connectivity index (χ1) is 9.71. The molecule has 4 heteroatoms. The zero-order valence-electron chi connectivity index (χ0n) is 12.7. The minimum absolute atomic E-state index is 0.600. The molecule has 112 valence electrons. The summed E-state index contributed by atoms with van der Waals surface area (Å²) in [6.45, 7) is 9.76. The van der Waals surface area contributed by atoms with E-state index in [0.717, 1.165) is 51.6 Å². The Morgan fingerprint density at radius 2 is 1.70 bits per heavy atom. The lowest BCUT2D eigenvalue weighted by atomic mass is 10.1. The second-order valence-electron chi connectivity index (χ2n) is 5.77.